The third-order valence-electron chi connectivity index (χ3n) is 2.78. The summed E-state index contributed by atoms with van der Waals surface area (Å²) in [7, 11) is 0. The van der Waals surface area contributed by atoms with Crippen molar-refractivity contribution in [2.45, 2.75) is 20.8 Å². The monoisotopic (exact) mass is 229 g/mol. The molecule has 0 atom stereocenters. The fraction of sp³-hybridized carbons (Fsp3) is 0.250. The molecular formula is C12H15N5. The first-order chi connectivity index (χ1) is 8.00. The van der Waals surface area contributed by atoms with Gasteiger partial charge in [-0.25, -0.2) is 9.97 Å². The van der Waals surface area contributed by atoms with Crippen LogP contribution in [0.5, 0.6) is 0 Å². The Morgan fingerprint density at radius 2 is 2.00 bits per heavy atom. The molecule has 0 amide bonds. The zero-order valence-electron chi connectivity index (χ0n) is 10.2. The molecule has 2 rings (SSSR count). The minimum absolute atomic E-state index is 0.0123. The maximum atomic E-state index is 7.58. The molecule has 17 heavy (non-hydrogen) atoms. The standard InChI is InChI=1S/C12H15N5/c1-7-4-5-10(11(13)14)12(16-7)17-6-15-8(2)9(17)3/h4-6H,1-3H3,(H3,13,14). The first kappa shape index (κ1) is 11.3. The Kier molecular flexibility index (Phi) is 2.67. The Balaban J connectivity index is 2.69. The SMILES string of the molecule is Cc1ccc(C(=N)N)c(-n2cnc(C)c2C)n1. The van der Waals surface area contributed by atoms with Crippen LogP contribution < -0.4 is 5.73 Å². The molecule has 0 fully saturated rings. The summed E-state index contributed by atoms with van der Waals surface area (Å²) in [5.41, 5.74) is 9.03. The molecule has 0 spiro atoms. The van der Waals surface area contributed by atoms with Crippen LogP contribution in [-0.2, 0) is 0 Å². The number of nitrogens with one attached hydrogen (secondary N) is 1. The van der Waals surface area contributed by atoms with Crippen molar-refractivity contribution >= 4 is 5.84 Å². The Morgan fingerprint density at radius 3 is 2.53 bits per heavy atom. The molecule has 3 N–H and O–H groups in total. The zero-order chi connectivity index (χ0) is 12.6. The fourth-order valence-corrected chi connectivity index (χ4v) is 1.65. The number of pyridine rings is 1. The maximum absolute atomic E-state index is 7.58. The van der Waals surface area contributed by atoms with Crippen molar-refractivity contribution in [1.82, 2.24) is 14.5 Å². The third kappa shape index (κ3) is 1.91. The van der Waals surface area contributed by atoms with E-state index >= 15 is 0 Å². The van der Waals surface area contributed by atoms with Gasteiger partial charge in [0.05, 0.1) is 11.3 Å². The van der Waals surface area contributed by atoms with Crippen molar-refractivity contribution in [3.8, 4) is 5.82 Å². The number of aromatic nitrogens is 3. The number of nitrogen functional groups attached to an aromatic ring is 1. The number of hydrogen-bond acceptors (Lipinski definition) is 3. The van der Waals surface area contributed by atoms with Crippen LogP contribution >= 0.6 is 0 Å². The van der Waals surface area contributed by atoms with Crippen molar-refractivity contribution < 1.29 is 0 Å². The molecule has 0 bridgehead atoms. The molecule has 2 aromatic heterocycles. The summed E-state index contributed by atoms with van der Waals surface area (Å²) < 4.78 is 1.86. The molecule has 0 unspecified atom stereocenters. The van der Waals surface area contributed by atoms with E-state index in [4.69, 9.17) is 11.1 Å². The summed E-state index contributed by atoms with van der Waals surface area (Å²) in [6.45, 7) is 5.82. The van der Waals surface area contributed by atoms with Crippen LogP contribution in [0.1, 0.15) is 22.6 Å². The molecule has 0 aromatic carbocycles. The highest BCUT2D eigenvalue weighted by atomic mass is 15.1. The van der Waals surface area contributed by atoms with Crippen LogP contribution in [0.2, 0.25) is 0 Å². The third-order valence-corrected chi connectivity index (χ3v) is 2.78. The molecular weight excluding hydrogens is 214 g/mol. The molecule has 5 heteroatoms. The summed E-state index contributed by atoms with van der Waals surface area (Å²) >= 11 is 0. The van der Waals surface area contributed by atoms with E-state index in [9.17, 15) is 0 Å². The van der Waals surface area contributed by atoms with E-state index in [1.54, 1.807) is 6.33 Å². The molecule has 0 radical (unpaired) electrons. The van der Waals surface area contributed by atoms with Gasteiger partial charge in [0.2, 0.25) is 0 Å². The summed E-state index contributed by atoms with van der Waals surface area (Å²) in [5, 5.41) is 7.58. The van der Waals surface area contributed by atoms with Gasteiger partial charge >= 0.3 is 0 Å². The Hall–Kier alpha value is -2.17. The van der Waals surface area contributed by atoms with Gasteiger partial charge in [-0.05, 0) is 32.9 Å². The van der Waals surface area contributed by atoms with Gasteiger partial charge in [-0.15, -0.1) is 0 Å². The molecule has 0 aliphatic heterocycles. The normalized spacial score (nSPS) is 10.5. The van der Waals surface area contributed by atoms with E-state index in [2.05, 4.69) is 9.97 Å². The van der Waals surface area contributed by atoms with Gasteiger partial charge in [-0.2, -0.15) is 0 Å². The van der Waals surface area contributed by atoms with Crippen molar-refractivity contribution in [1.29, 1.82) is 5.41 Å². The number of nitrogens with zero attached hydrogens (tertiary/aromatic N) is 3. The molecule has 0 aliphatic rings. The quantitative estimate of drug-likeness (QED) is 0.604. The van der Waals surface area contributed by atoms with E-state index in [0.717, 1.165) is 17.1 Å². The van der Waals surface area contributed by atoms with Gasteiger partial charge in [0.15, 0.2) is 0 Å². The second kappa shape index (κ2) is 4.01. The first-order valence-electron chi connectivity index (χ1n) is 5.33. The highest BCUT2D eigenvalue weighted by Gasteiger charge is 2.12. The molecule has 0 aliphatic carbocycles. The van der Waals surface area contributed by atoms with E-state index in [1.807, 2.05) is 37.5 Å². The highest BCUT2D eigenvalue weighted by molar-refractivity contribution is 5.97. The predicted molar refractivity (Wildman–Crippen MR) is 66.6 cm³/mol. The van der Waals surface area contributed by atoms with Crippen LogP contribution in [0.25, 0.3) is 5.82 Å². The zero-order valence-corrected chi connectivity index (χ0v) is 10.2. The van der Waals surface area contributed by atoms with Crippen LogP contribution in [0.4, 0.5) is 0 Å². The number of nitrogens with two attached hydrogens (primary N) is 1. The summed E-state index contributed by atoms with van der Waals surface area (Å²) in [5.74, 6) is 0.675. The van der Waals surface area contributed by atoms with Crippen LogP contribution in [0, 0.1) is 26.2 Å². The lowest BCUT2D eigenvalue weighted by Gasteiger charge is -2.10. The van der Waals surface area contributed by atoms with E-state index < -0.39 is 0 Å². The van der Waals surface area contributed by atoms with Gasteiger partial charge in [0, 0.05) is 11.4 Å². The van der Waals surface area contributed by atoms with Gasteiger partial charge in [-0.1, -0.05) is 0 Å². The minimum atomic E-state index is 0.0123. The van der Waals surface area contributed by atoms with Gasteiger partial charge in [0.25, 0.3) is 0 Å². The number of rotatable bonds is 2. The summed E-state index contributed by atoms with van der Waals surface area (Å²) in [4.78, 5) is 8.68. The fourth-order valence-electron chi connectivity index (χ4n) is 1.65. The molecule has 5 nitrogen and oxygen atoms in total. The van der Waals surface area contributed by atoms with E-state index in [1.165, 1.54) is 0 Å². The Labute approximate surface area is 99.8 Å². The second-order valence-electron chi connectivity index (χ2n) is 4.02. The predicted octanol–water partition coefficient (Wildman–Crippen LogP) is 1.48. The van der Waals surface area contributed by atoms with Crippen LogP contribution in [0.15, 0.2) is 18.5 Å². The summed E-state index contributed by atoms with van der Waals surface area (Å²) in [6.07, 6.45) is 1.71. The van der Waals surface area contributed by atoms with Crippen molar-refractivity contribution in [3.63, 3.8) is 0 Å². The lowest BCUT2D eigenvalue weighted by molar-refractivity contribution is 0.933. The van der Waals surface area contributed by atoms with Crippen molar-refractivity contribution in [2.24, 2.45) is 5.73 Å². The Morgan fingerprint density at radius 1 is 1.29 bits per heavy atom. The maximum Gasteiger partial charge on any atom is 0.149 e. The van der Waals surface area contributed by atoms with E-state index in [-0.39, 0.29) is 5.84 Å². The van der Waals surface area contributed by atoms with E-state index in [0.29, 0.717) is 11.4 Å². The van der Waals surface area contributed by atoms with Crippen molar-refractivity contribution in [3.05, 3.63) is 41.1 Å². The number of imidazole rings is 1. The first-order valence-corrected chi connectivity index (χ1v) is 5.33. The van der Waals surface area contributed by atoms with Crippen LogP contribution in [-0.4, -0.2) is 20.4 Å². The molecule has 88 valence electrons. The largest absolute Gasteiger partial charge is 0.384 e. The molecule has 2 aromatic rings. The van der Waals surface area contributed by atoms with Gasteiger partial charge < -0.3 is 5.73 Å². The number of amidine groups is 1. The van der Waals surface area contributed by atoms with Gasteiger partial charge in [0.1, 0.15) is 18.0 Å². The smallest absolute Gasteiger partial charge is 0.149 e. The second-order valence-corrected chi connectivity index (χ2v) is 4.02. The Bertz CT molecular complexity index is 583. The average Bonchev–Trinajstić information content (AvgIpc) is 2.59. The number of aryl methyl sites for hydroxylation is 2. The summed E-state index contributed by atoms with van der Waals surface area (Å²) in [6, 6.07) is 3.66. The highest BCUT2D eigenvalue weighted by Crippen LogP contribution is 2.16. The molecule has 0 saturated heterocycles. The topological polar surface area (TPSA) is 80.6 Å². The minimum Gasteiger partial charge on any atom is -0.384 e. The lowest BCUT2D eigenvalue weighted by Crippen LogP contribution is -2.16. The van der Waals surface area contributed by atoms with Gasteiger partial charge in [-0.3, -0.25) is 9.98 Å². The van der Waals surface area contributed by atoms with Crippen molar-refractivity contribution in [2.75, 3.05) is 0 Å². The molecule has 2 heterocycles. The average molecular weight is 229 g/mol. The lowest BCUT2D eigenvalue weighted by atomic mass is 10.2. The van der Waals surface area contributed by atoms with Crippen LogP contribution in [0.3, 0.4) is 0 Å². The molecule has 0 saturated carbocycles. The number of hydrogen-bond donors (Lipinski definition) is 2.